The van der Waals surface area contributed by atoms with Crippen LogP contribution in [0, 0.1) is 0 Å². The molecule has 1 atom stereocenters. The minimum Gasteiger partial charge on any atom is -0.465 e. The van der Waals surface area contributed by atoms with Crippen molar-refractivity contribution in [2.24, 2.45) is 0 Å². The highest BCUT2D eigenvalue weighted by Gasteiger charge is 2.30. The first-order chi connectivity index (χ1) is 12.7. The third kappa shape index (κ3) is 3.41. The van der Waals surface area contributed by atoms with Crippen LogP contribution in [0.1, 0.15) is 42.0 Å². The van der Waals surface area contributed by atoms with Gasteiger partial charge in [0.05, 0.1) is 25.3 Å². The van der Waals surface area contributed by atoms with E-state index in [1.54, 1.807) is 0 Å². The van der Waals surface area contributed by atoms with Gasteiger partial charge in [0.1, 0.15) is 0 Å². The number of anilines is 1. The number of aromatic nitrogens is 4. The van der Waals surface area contributed by atoms with Crippen molar-refractivity contribution in [2.45, 2.75) is 38.4 Å². The van der Waals surface area contributed by atoms with Gasteiger partial charge in [-0.05, 0) is 54.5 Å². The maximum absolute atomic E-state index is 11.6. The van der Waals surface area contributed by atoms with Gasteiger partial charge in [0.15, 0.2) is 5.82 Å². The molecular formula is C18H24N6O2. The fourth-order valence-corrected chi connectivity index (χ4v) is 3.49. The summed E-state index contributed by atoms with van der Waals surface area (Å²) in [4.78, 5) is 16.4. The Kier molecular flexibility index (Phi) is 4.58. The Hall–Kier alpha value is -2.48. The second-order valence-electron chi connectivity index (χ2n) is 7.07. The van der Waals surface area contributed by atoms with E-state index in [1.165, 1.54) is 20.0 Å². The lowest BCUT2D eigenvalue weighted by atomic mass is 10.1. The van der Waals surface area contributed by atoms with E-state index in [0.717, 1.165) is 37.7 Å². The molecule has 0 N–H and O–H groups in total. The van der Waals surface area contributed by atoms with E-state index in [9.17, 15) is 4.79 Å². The number of piperazine rings is 1. The maximum atomic E-state index is 11.6. The maximum Gasteiger partial charge on any atom is 0.337 e. The van der Waals surface area contributed by atoms with Crippen molar-refractivity contribution >= 4 is 11.7 Å². The summed E-state index contributed by atoms with van der Waals surface area (Å²) in [7, 11) is 1.40. The summed E-state index contributed by atoms with van der Waals surface area (Å²) in [5.74, 6) is 0.665. The molecule has 1 aromatic heterocycles. The van der Waals surface area contributed by atoms with Crippen LogP contribution < -0.4 is 4.90 Å². The summed E-state index contributed by atoms with van der Waals surface area (Å²) in [6.07, 6.45) is 2.37. The minimum atomic E-state index is -0.303. The average molecular weight is 356 g/mol. The van der Waals surface area contributed by atoms with E-state index in [1.807, 2.05) is 28.9 Å². The van der Waals surface area contributed by atoms with E-state index in [-0.39, 0.29) is 5.97 Å². The molecule has 1 saturated heterocycles. The van der Waals surface area contributed by atoms with Crippen LogP contribution >= 0.6 is 0 Å². The van der Waals surface area contributed by atoms with E-state index in [0.29, 0.717) is 17.6 Å². The van der Waals surface area contributed by atoms with Crippen molar-refractivity contribution < 1.29 is 9.53 Å². The third-order valence-corrected chi connectivity index (χ3v) is 5.22. The van der Waals surface area contributed by atoms with Crippen LogP contribution in [0.25, 0.3) is 0 Å². The second kappa shape index (κ2) is 7.03. The summed E-state index contributed by atoms with van der Waals surface area (Å²) in [6.45, 7) is 5.85. The van der Waals surface area contributed by atoms with Crippen LogP contribution in [-0.2, 0) is 11.3 Å². The number of tetrazole rings is 1. The molecule has 8 nitrogen and oxygen atoms in total. The van der Waals surface area contributed by atoms with Crippen LogP contribution in [0.4, 0.5) is 5.69 Å². The topological polar surface area (TPSA) is 76.4 Å². The first kappa shape index (κ1) is 17.0. The molecule has 138 valence electrons. The Labute approximate surface area is 152 Å². The molecule has 8 heteroatoms. The Morgan fingerprint density at radius 3 is 2.65 bits per heavy atom. The summed E-state index contributed by atoms with van der Waals surface area (Å²) < 4.78 is 6.75. The zero-order chi connectivity index (χ0) is 18.1. The van der Waals surface area contributed by atoms with Crippen LogP contribution in [0.15, 0.2) is 24.3 Å². The van der Waals surface area contributed by atoms with Crippen molar-refractivity contribution in [2.75, 3.05) is 31.6 Å². The Morgan fingerprint density at radius 2 is 2.00 bits per heavy atom. The number of hydrogen-bond donors (Lipinski definition) is 0. The van der Waals surface area contributed by atoms with Crippen molar-refractivity contribution in [3.8, 4) is 0 Å². The lowest BCUT2D eigenvalue weighted by molar-refractivity contribution is 0.0600. The Morgan fingerprint density at radius 1 is 1.23 bits per heavy atom. The highest BCUT2D eigenvalue weighted by molar-refractivity contribution is 5.89. The Balaban J connectivity index is 1.38. The molecule has 1 aliphatic heterocycles. The molecule has 0 spiro atoms. The largest absolute Gasteiger partial charge is 0.465 e. The van der Waals surface area contributed by atoms with E-state index in [2.05, 4.69) is 32.2 Å². The highest BCUT2D eigenvalue weighted by Crippen LogP contribution is 2.34. The predicted molar refractivity (Wildman–Crippen MR) is 96.0 cm³/mol. The number of carbonyl (C=O) groups is 1. The van der Waals surface area contributed by atoms with Gasteiger partial charge in [0, 0.05) is 31.4 Å². The molecule has 1 unspecified atom stereocenters. The number of rotatable bonds is 5. The molecule has 0 amide bonds. The minimum absolute atomic E-state index is 0.303. The summed E-state index contributed by atoms with van der Waals surface area (Å²) in [5, 5.41) is 12.2. The zero-order valence-corrected chi connectivity index (χ0v) is 15.2. The summed E-state index contributed by atoms with van der Waals surface area (Å²) in [6, 6.07) is 8.52. The van der Waals surface area contributed by atoms with Gasteiger partial charge in [-0.2, -0.15) is 0 Å². The van der Waals surface area contributed by atoms with Gasteiger partial charge >= 0.3 is 5.97 Å². The standard InChI is InChI=1S/C18H24N6O2/c1-13-11-23(15-5-3-14(4-6-15)18(25)26-2)10-9-22(13)12-17-19-20-21-24(17)16-7-8-16/h3-6,13,16H,7-12H2,1-2H3. The average Bonchev–Trinajstić information content (AvgIpc) is 3.41. The SMILES string of the molecule is COC(=O)c1ccc(N2CCN(Cc3nnnn3C3CC3)C(C)C2)cc1. The third-order valence-electron chi connectivity index (χ3n) is 5.22. The Bertz CT molecular complexity index is 770. The van der Waals surface area contributed by atoms with Crippen molar-refractivity contribution in [1.29, 1.82) is 0 Å². The van der Waals surface area contributed by atoms with E-state index < -0.39 is 0 Å². The molecule has 26 heavy (non-hydrogen) atoms. The molecule has 2 heterocycles. The number of carbonyl (C=O) groups excluding carboxylic acids is 1. The molecule has 1 aromatic carbocycles. The number of hydrogen-bond acceptors (Lipinski definition) is 7. The van der Waals surface area contributed by atoms with Crippen molar-refractivity contribution in [3.05, 3.63) is 35.7 Å². The number of benzene rings is 1. The van der Waals surface area contributed by atoms with Gasteiger partial charge in [-0.15, -0.1) is 5.10 Å². The number of methoxy groups -OCH3 is 1. The first-order valence-electron chi connectivity index (χ1n) is 9.10. The molecule has 1 saturated carbocycles. The molecule has 2 aromatic rings. The van der Waals surface area contributed by atoms with Gasteiger partial charge in [-0.1, -0.05) is 0 Å². The van der Waals surface area contributed by atoms with Gasteiger partial charge in [0.25, 0.3) is 0 Å². The molecule has 1 aliphatic carbocycles. The molecule has 0 bridgehead atoms. The van der Waals surface area contributed by atoms with Gasteiger partial charge < -0.3 is 9.64 Å². The molecule has 4 rings (SSSR count). The lowest BCUT2D eigenvalue weighted by Gasteiger charge is -2.40. The first-order valence-corrected chi connectivity index (χ1v) is 9.10. The van der Waals surface area contributed by atoms with Crippen LogP contribution in [0.5, 0.6) is 0 Å². The summed E-state index contributed by atoms with van der Waals surface area (Å²) >= 11 is 0. The smallest absolute Gasteiger partial charge is 0.337 e. The summed E-state index contributed by atoms with van der Waals surface area (Å²) in [5.41, 5.74) is 1.71. The lowest BCUT2D eigenvalue weighted by Crippen LogP contribution is -2.51. The molecule has 2 aliphatic rings. The molecule has 0 radical (unpaired) electrons. The second-order valence-corrected chi connectivity index (χ2v) is 7.07. The highest BCUT2D eigenvalue weighted by atomic mass is 16.5. The van der Waals surface area contributed by atoms with E-state index in [4.69, 9.17) is 4.74 Å². The van der Waals surface area contributed by atoms with Gasteiger partial charge in [0.2, 0.25) is 0 Å². The van der Waals surface area contributed by atoms with Gasteiger partial charge in [-0.3, -0.25) is 4.90 Å². The fraction of sp³-hybridized carbons (Fsp3) is 0.556. The predicted octanol–water partition coefficient (Wildman–Crippen LogP) is 1.51. The van der Waals surface area contributed by atoms with Crippen LogP contribution in [-0.4, -0.2) is 63.9 Å². The van der Waals surface area contributed by atoms with Crippen molar-refractivity contribution in [1.82, 2.24) is 25.1 Å². The normalized spacial score (nSPS) is 21.0. The van der Waals surface area contributed by atoms with E-state index >= 15 is 0 Å². The van der Waals surface area contributed by atoms with Gasteiger partial charge in [-0.25, -0.2) is 9.48 Å². The molecular weight excluding hydrogens is 332 g/mol. The fourth-order valence-electron chi connectivity index (χ4n) is 3.49. The van der Waals surface area contributed by atoms with Crippen LogP contribution in [0.2, 0.25) is 0 Å². The van der Waals surface area contributed by atoms with Crippen LogP contribution in [0.3, 0.4) is 0 Å². The monoisotopic (exact) mass is 356 g/mol. The number of nitrogens with zero attached hydrogens (tertiary/aromatic N) is 6. The van der Waals surface area contributed by atoms with Crippen molar-refractivity contribution in [3.63, 3.8) is 0 Å². The number of esters is 1. The number of ether oxygens (including phenoxy) is 1. The quantitative estimate of drug-likeness (QED) is 0.752. The zero-order valence-electron chi connectivity index (χ0n) is 15.2. The molecule has 2 fully saturated rings.